The Kier molecular flexibility index (Phi) is 5.69. The average molecular weight is 349 g/mol. The molecule has 0 bridgehead atoms. The first-order valence-electron chi connectivity index (χ1n) is 7.43. The van der Waals surface area contributed by atoms with Crippen molar-refractivity contribution in [2.75, 3.05) is 12.4 Å². The molecule has 0 saturated heterocycles. The molecule has 0 radical (unpaired) electrons. The highest BCUT2D eigenvalue weighted by Crippen LogP contribution is 2.20. The molecule has 0 spiro atoms. The Bertz CT molecular complexity index is 808. The summed E-state index contributed by atoms with van der Waals surface area (Å²) < 4.78 is 36.2. The summed E-state index contributed by atoms with van der Waals surface area (Å²) in [6, 6.07) is 7.70. The van der Waals surface area contributed by atoms with Crippen LogP contribution in [-0.2, 0) is 9.53 Å². The van der Waals surface area contributed by atoms with Crippen LogP contribution in [-0.4, -0.2) is 25.1 Å². The first-order chi connectivity index (χ1) is 11.8. The second-order valence-electron chi connectivity index (χ2n) is 5.35. The van der Waals surface area contributed by atoms with Crippen LogP contribution in [0, 0.1) is 18.6 Å². The van der Waals surface area contributed by atoms with Gasteiger partial charge in [-0.25, -0.2) is 13.6 Å². The number of benzene rings is 2. The zero-order valence-electron chi connectivity index (χ0n) is 13.9. The van der Waals surface area contributed by atoms with E-state index in [4.69, 9.17) is 9.47 Å². The normalized spacial score (nSPS) is 11.6. The van der Waals surface area contributed by atoms with Crippen molar-refractivity contribution in [1.82, 2.24) is 0 Å². The third-order valence-electron chi connectivity index (χ3n) is 3.48. The van der Waals surface area contributed by atoms with E-state index >= 15 is 0 Å². The summed E-state index contributed by atoms with van der Waals surface area (Å²) in [7, 11) is 1.48. The summed E-state index contributed by atoms with van der Waals surface area (Å²) in [5.74, 6) is -2.96. The van der Waals surface area contributed by atoms with Gasteiger partial charge in [0.25, 0.3) is 5.91 Å². The van der Waals surface area contributed by atoms with Crippen molar-refractivity contribution in [1.29, 1.82) is 0 Å². The number of amides is 1. The summed E-state index contributed by atoms with van der Waals surface area (Å²) in [5, 5.41) is 2.35. The van der Waals surface area contributed by atoms with E-state index in [-0.39, 0.29) is 11.3 Å². The molecule has 132 valence electrons. The van der Waals surface area contributed by atoms with E-state index in [1.807, 2.05) is 6.92 Å². The van der Waals surface area contributed by atoms with Gasteiger partial charge in [-0.2, -0.15) is 0 Å². The van der Waals surface area contributed by atoms with E-state index in [2.05, 4.69) is 5.32 Å². The maximum atomic E-state index is 13.1. The number of esters is 1. The molecule has 1 atom stereocenters. The maximum absolute atomic E-state index is 13.1. The highest BCUT2D eigenvalue weighted by atomic mass is 19.2. The fourth-order valence-corrected chi connectivity index (χ4v) is 2.05. The molecule has 25 heavy (non-hydrogen) atoms. The van der Waals surface area contributed by atoms with Crippen LogP contribution in [0.5, 0.6) is 5.75 Å². The third-order valence-corrected chi connectivity index (χ3v) is 3.48. The van der Waals surface area contributed by atoms with Crippen molar-refractivity contribution in [3.05, 3.63) is 59.2 Å². The van der Waals surface area contributed by atoms with E-state index < -0.39 is 29.6 Å². The average Bonchev–Trinajstić information content (AvgIpc) is 2.58. The lowest BCUT2D eigenvalue weighted by Gasteiger charge is -2.14. The van der Waals surface area contributed by atoms with Crippen molar-refractivity contribution in [2.24, 2.45) is 0 Å². The summed E-state index contributed by atoms with van der Waals surface area (Å²) in [6.07, 6.45) is -1.13. The summed E-state index contributed by atoms with van der Waals surface area (Å²) in [6.45, 7) is 3.20. The zero-order valence-corrected chi connectivity index (χ0v) is 13.9. The van der Waals surface area contributed by atoms with Crippen LogP contribution >= 0.6 is 0 Å². The molecule has 7 heteroatoms. The molecule has 0 saturated carbocycles. The monoisotopic (exact) mass is 349 g/mol. The van der Waals surface area contributed by atoms with Gasteiger partial charge in [-0.3, -0.25) is 4.79 Å². The lowest BCUT2D eigenvalue weighted by Crippen LogP contribution is -2.30. The molecule has 1 amide bonds. The Morgan fingerprint density at radius 1 is 1.08 bits per heavy atom. The first-order valence-corrected chi connectivity index (χ1v) is 7.43. The molecule has 0 aliphatic carbocycles. The number of carbonyl (C=O) groups excluding carboxylic acids is 2. The number of hydrogen-bond acceptors (Lipinski definition) is 4. The van der Waals surface area contributed by atoms with Crippen LogP contribution in [0.25, 0.3) is 0 Å². The molecule has 2 aromatic rings. The predicted molar refractivity (Wildman–Crippen MR) is 87.6 cm³/mol. The van der Waals surface area contributed by atoms with Crippen molar-refractivity contribution in [3.63, 3.8) is 0 Å². The Morgan fingerprint density at radius 2 is 1.80 bits per heavy atom. The predicted octanol–water partition coefficient (Wildman–Crippen LogP) is 3.47. The molecule has 5 nitrogen and oxygen atoms in total. The number of aryl methyl sites for hydroxylation is 1. The molecule has 2 aromatic carbocycles. The first kappa shape index (κ1) is 18.4. The lowest BCUT2D eigenvalue weighted by molar-refractivity contribution is -0.123. The van der Waals surface area contributed by atoms with E-state index in [0.29, 0.717) is 5.75 Å². The number of methoxy groups -OCH3 is 1. The minimum absolute atomic E-state index is 0.0591. The number of hydrogen-bond donors (Lipinski definition) is 1. The molecule has 0 heterocycles. The summed E-state index contributed by atoms with van der Waals surface area (Å²) in [4.78, 5) is 24.1. The molecule has 0 aliphatic rings. The molecule has 0 aromatic heterocycles. The molecule has 0 aliphatic heterocycles. The van der Waals surface area contributed by atoms with Crippen LogP contribution in [0.4, 0.5) is 14.5 Å². The van der Waals surface area contributed by atoms with Gasteiger partial charge in [-0.15, -0.1) is 0 Å². The van der Waals surface area contributed by atoms with E-state index in [1.165, 1.54) is 26.2 Å². The van der Waals surface area contributed by atoms with Crippen LogP contribution in [0.2, 0.25) is 0 Å². The van der Waals surface area contributed by atoms with Crippen LogP contribution < -0.4 is 10.1 Å². The topological polar surface area (TPSA) is 64.6 Å². The zero-order chi connectivity index (χ0) is 18.6. The maximum Gasteiger partial charge on any atom is 0.339 e. The molecular weight excluding hydrogens is 332 g/mol. The fourth-order valence-electron chi connectivity index (χ4n) is 2.05. The van der Waals surface area contributed by atoms with Crippen molar-refractivity contribution in [2.45, 2.75) is 20.0 Å². The lowest BCUT2D eigenvalue weighted by atomic mass is 10.1. The van der Waals surface area contributed by atoms with Crippen molar-refractivity contribution >= 4 is 17.6 Å². The number of carbonyl (C=O) groups is 2. The van der Waals surface area contributed by atoms with Crippen LogP contribution in [0.1, 0.15) is 22.8 Å². The molecule has 1 N–H and O–H groups in total. The number of ether oxygens (including phenoxy) is 2. The highest BCUT2D eigenvalue weighted by Gasteiger charge is 2.20. The number of nitrogens with one attached hydrogen (secondary N) is 1. The van der Waals surface area contributed by atoms with Gasteiger partial charge in [0, 0.05) is 11.8 Å². The Morgan fingerprint density at radius 3 is 2.44 bits per heavy atom. The van der Waals surface area contributed by atoms with Crippen molar-refractivity contribution < 1.29 is 27.8 Å². The van der Waals surface area contributed by atoms with Gasteiger partial charge >= 0.3 is 5.97 Å². The molecule has 0 unspecified atom stereocenters. The Labute approximate surface area is 143 Å². The quantitative estimate of drug-likeness (QED) is 0.840. The van der Waals surface area contributed by atoms with E-state index in [1.54, 1.807) is 12.1 Å². The smallest absolute Gasteiger partial charge is 0.339 e. The minimum atomic E-state index is -1.13. The van der Waals surface area contributed by atoms with Gasteiger partial charge in [0.2, 0.25) is 0 Å². The van der Waals surface area contributed by atoms with Gasteiger partial charge in [-0.1, -0.05) is 6.07 Å². The number of halogens is 2. The van der Waals surface area contributed by atoms with E-state index in [0.717, 1.165) is 17.7 Å². The standard InChI is InChI=1S/C18H17F2NO4/c1-10-4-5-12(8-16(10)24-3)18(23)25-11(2)17(22)21-13-6-7-14(19)15(20)9-13/h4-9,11H,1-3H3,(H,21,22)/t11-/m0/s1. The highest BCUT2D eigenvalue weighted by molar-refractivity contribution is 5.97. The van der Waals surface area contributed by atoms with Gasteiger partial charge < -0.3 is 14.8 Å². The second kappa shape index (κ2) is 7.74. The molecule has 2 rings (SSSR count). The van der Waals surface area contributed by atoms with Crippen LogP contribution in [0.15, 0.2) is 36.4 Å². The number of anilines is 1. The van der Waals surface area contributed by atoms with Crippen molar-refractivity contribution in [3.8, 4) is 5.75 Å². The van der Waals surface area contributed by atoms with Gasteiger partial charge in [0.05, 0.1) is 12.7 Å². The van der Waals surface area contributed by atoms with Gasteiger partial charge in [-0.05, 0) is 43.7 Å². The summed E-state index contributed by atoms with van der Waals surface area (Å²) >= 11 is 0. The SMILES string of the molecule is COc1cc(C(=O)O[C@@H](C)C(=O)Nc2ccc(F)c(F)c2)ccc1C. The molecule has 0 fully saturated rings. The van der Waals surface area contributed by atoms with Crippen LogP contribution in [0.3, 0.4) is 0 Å². The largest absolute Gasteiger partial charge is 0.496 e. The Hall–Kier alpha value is -2.96. The van der Waals surface area contributed by atoms with Gasteiger partial charge in [0.15, 0.2) is 17.7 Å². The fraction of sp³-hybridized carbons (Fsp3) is 0.222. The number of rotatable bonds is 5. The van der Waals surface area contributed by atoms with Gasteiger partial charge in [0.1, 0.15) is 5.75 Å². The minimum Gasteiger partial charge on any atom is -0.496 e. The summed E-state index contributed by atoms with van der Waals surface area (Å²) in [5.41, 5.74) is 1.14. The Balaban J connectivity index is 2.02. The second-order valence-corrected chi connectivity index (χ2v) is 5.35. The third kappa shape index (κ3) is 4.53. The molecular formula is C18H17F2NO4. The van der Waals surface area contributed by atoms with E-state index in [9.17, 15) is 18.4 Å².